The number of hydrogen-bond acceptors (Lipinski definition) is 4. The topological polar surface area (TPSA) is 80.9 Å². The summed E-state index contributed by atoms with van der Waals surface area (Å²) in [5, 5.41) is 11.2. The molecule has 25 heavy (non-hydrogen) atoms. The number of urea groups is 1. The average Bonchev–Trinajstić information content (AvgIpc) is 3.39. The van der Waals surface area contributed by atoms with Crippen molar-refractivity contribution in [1.82, 2.24) is 29.4 Å². The summed E-state index contributed by atoms with van der Waals surface area (Å²) >= 11 is 0. The summed E-state index contributed by atoms with van der Waals surface area (Å²) in [6.07, 6.45) is 10.8. The van der Waals surface area contributed by atoms with Gasteiger partial charge >= 0.3 is 6.03 Å². The summed E-state index contributed by atoms with van der Waals surface area (Å²) in [6.45, 7) is 1.55. The van der Waals surface area contributed by atoms with Gasteiger partial charge in [-0.25, -0.2) is 9.78 Å². The van der Waals surface area contributed by atoms with E-state index in [-0.39, 0.29) is 12.1 Å². The molecule has 2 amide bonds. The summed E-state index contributed by atoms with van der Waals surface area (Å²) in [7, 11) is 0. The Morgan fingerprint density at radius 2 is 1.96 bits per heavy atom. The van der Waals surface area contributed by atoms with Crippen molar-refractivity contribution >= 4 is 11.7 Å². The number of nitrogens with one attached hydrogen (secondary N) is 1. The van der Waals surface area contributed by atoms with Crippen LogP contribution < -0.4 is 5.32 Å². The Bertz CT molecular complexity index is 811. The highest BCUT2D eigenvalue weighted by Crippen LogP contribution is 2.21. The lowest BCUT2D eigenvalue weighted by Gasteiger charge is -2.25. The maximum atomic E-state index is 12.6. The molecule has 2 aromatic heterocycles. The predicted octanol–water partition coefficient (Wildman–Crippen LogP) is 2.16. The Labute approximate surface area is 145 Å². The third-order valence-electron chi connectivity index (χ3n) is 4.39. The Balaban J connectivity index is 1.40. The Kier molecular flexibility index (Phi) is 4.16. The highest BCUT2D eigenvalue weighted by atomic mass is 16.2. The SMILES string of the molecule is O=C(Nc1ccc(-n2nccn2)cc1)N1CCC[C@H]1Cn1ccnc1. The van der Waals surface area contributed by atoms with Gasteiger partial charge in [-0.1, -0.05) is 0 Å². The number of rotatable bonds is 4. The van der Waals surface area contributed by atoms with Gasteiger partial charge in [-0.2, -0.15) is 15.0 Å². The molecule has 0 spiro atoms. The van der Waals surface area contributed by atoms with Crippen LogP contribution in [0.5, 0.6) is 0 Å². The molecule has 8 nitrogen and oxygen atoms in total. The molecule has 1 aliphatic heterocycles. The van der Waals surface area contributed by atoms with Crippen LogP contribution in [-0.2, 0) is 6.54 Å². The first-order chi connectivity index (χ1) is 12.3. The van der Waals surface area contributed by atoms with Gasteiger partial charge in [-0.15, -0.1) is 0 Å². The van der Waals surface area contributed by atoms with Crippen LogP contribution in [0.2, 0.25) is 0 Å². The minimum absolute atomic E-state index is 0.0624. The normalized spacial score (nSPS) is 17.0. The van der Waals surface area contributed by atoms with Gasteiger partial charge in [-0.3, -0.25) is 0 Å². The summed E-state index contributed by atoms with van der Waals surface area (Å²) in [6, 6.07) is 7.61. The number of imidazole rings is 1. The van der Waals surface area contributed by atoms with Gasteiger partial charge in [0.15, 0.2) is 0 Å². The van der Waals surface area contributed by atoms with Crippen LogP contribution in [-0.4, -0.2) is 48.1 Å². The molecule has 1 aliphatic rings. The first kappa shape index (κ1) is 15.4. The van der Waals surface area contributed by atoms with E-state index in [4.69, 9.17) is 0 Å². The predicted molar refractivity (Wildman–Crippen MR) is 92.3 cm³/mol. The van der Waals surface area contributed by atoms with Crippen molar-refractivity contribution in [3.63, 3.8) is 0 Å². The highest BCUT2D eigenvalue weighted by Gasteiger charge is 2.28. The van der Waals surface area contributed by atoms with E-state index in [1.54, 1.807) is 24.9 Å². The number of likely N-dealkylation sites (tertiary alicyclic amines) is 1. The number of carbonyl (C=O) groups is 1. The van der Waals surface area contributed by atoms with E-state index >= 15 is 0 Å². The smallest absolute Gasteiger partial charge is 0.322 e. The maximum Gasteiger partial charge on any atom is 0.322 e. The van der Waals surface area contributed by atoms with Crippen molar-refractivity contribution in [2.45, 2.75) is 25.4 Å². The second-order valence-electron chi connectivity index (χ2n) is 6.04. The molecule has 1 saturated heterocycles. The average molecular weight is 337 g/mol. The monoisotopic (exact) mass is 337 g/mol. The standard InChI is InChI=1S/C17H19N7O/c25-17(23-10-1-2-16(23)12-22-11-9-18-13-22)21-14-3-5-15(6-4-14)24-19-7-8-20-24/h3-9,11,13,16H,1-2,10,12H2,(H,21,25)/t16-/m0/s1. The van der Waals surface area contributed by atoms with Gasteiger partial charge in [0.1, 0.15) is 0 Å². The number of benzene rings is 1. The molecule has 1 atom stereocenters. The van der Waals surface area contributed by atoms with Gasteiger partial charge in [-0.05, 0) is 37.1 Å². The molecule has 1 fully saturated rings. The third kappa shape index (κ3) is 3.37. The molecular weight excluding hydrogens is 318 g/mol. The Morgan fingerprint density at radius 3 is 2.68 bits per heavy atom. The van der Waals surface area contributed by atoms with E-state index < -0.39 is 0 Å². The molecule has 0 radical (unpaired) electrons. The fourth-order valence-corrected chi connectivity index (χ4v) is 3.15. The fraction of sp³-hybridized carbons (Fsp3) is 0.294. The number of hydrogen-bond donors (Lipinski definition) is 1. The molecule has 3 aromatic rings. The van der Waals surface area contributed by atoms with Crippen LogP contribution in [0.15, 0.2) is 55.4 Å². The van der Waals surface area contributed by atoms with E-state index in [0.29, 0.717) is 0 Å². The first-order valence-corrected chi connectivity index (χ1v) is 8.30. The van der Waals surface area contributed by atoms with E-state index in [1.165, 1.54) is 4.80 Å². The van der Waals surface area contributed by atoms with Crippen LogP contribution >= 0.6 is 0 Å². The minimum atomic E-state index is -0.0624. The largest absolute Gasteiger partial charge is 0.335 e. The van der Waals surface area contributed by atoms with Crippen LogP contribution in [0.1, 0.15) is 12.8 Å². The summed E-state index contributed by atoms with van der Waals surface area (Å²) < 4.78 is 2.02. The molecule has 0 saturated carbocycles. The van der Waals surface area contributed by atoms with Crippen molar-refractivity contribution in [3.8, 4) is 5.69 Å². The van der Waals surface area contributed by atoms with Crippen molar-refractivity contribution < 1.29 is 4.79 Å². The molecule has 8 heteroatoms. The summed E-state index contributed by atoms with van der Waals surface area (Å²) in [5.41, 5.74) is 1.61. The van der Waals surface area contributed by atoms with E-state index in [2.05, 4.69) is 20.5 Å². The number of nitrogens with zero attached hydrogens (tertiary/aromatic N) is 6. The molecular formula is C17H19N7O. The zero-order chi connectivity index (χ0) is 17.1. The third-order valence-corrected chi connectivity index (χ3v) is 4.39. The van der Waals surface area contributed by atoms with Crippen LogP contribution in [0, 0.1) is 0 Å². The van der Waals surface area contributed by atoms with Gasteiger partial charge in [0, 0.05) is 31.2 Å². The quantitative estimate of drug-likeness (QED) is 0.791. The summed E-state index contributed by atoms with van der Waals surface area (Å²) in [4.78, 5) is 20.1. The maximum absolute atomic E-state index is 12.6. The van der Waals surface area contributed by atoms with Crippen molar-refractivity contribution in [1.29, 1.82) is 0 Å². The fourth-order valence-electron chi connectivity index (χ4n) is 3.15. The molecule has 4 rings (SSSR count). The lowest BCUT2D eigenvalue weighted by atomic mass is 10.2. The highest BCUT2D eigenvalue weighted by molar-refractivity contribution is 5.89. The lowest BCUT2D eigenvalue weighted by molar-refractivity contribution is 0.201. The zero-order valence-electron chi connectivity index (χ0n) is 13.7. The van der Waals surface area contributed by atoms with Gasteiger partial charge in [0.2, 0.25) is 0 Å². The molecule has 3 heterocycles. The molecule has 0 bridgehead atoms. The number of aromatic nitrogens is 5. The van der Waals surface area contributed by atoms with E-state index in [9.17, 15) is 4.79 Å². The van der Waals surface area contributed by atoms with Crippen molar-refractivity contribution in [2.75, 3.05) is 11.9 Å². The first-order valence-electron chi connectivity index (χ1n) is 8.30. The minimum Gasteiger partial charge on any atom is -0.335 e. The molecule has 1 N–H and O–H groups in total. The molecule has 128 valence electrons. The Morgan fingerprint density at radius 1 is 1.16 bits per heavy atom. The van der Waals surface area contributed by atoms with E-state index in [0.717, 1.165) is 37.3 Å². The second-order valence-corrected chi connectivity index (χ2v) is 6.04. The number of anilines is 1. The van der Waals surface area contributed by atoms with Gasteiger partial charge in [0.25, 0.3) is 0 Å². The summed E-state index contributed by atoms with van der Waals surface area (Å²) in [5.74, 6) is 0. The van der Waals surface area contributed by atoms with Crippen molar-refractivity contribution in [2.24, 2.45) is 0 Å². The number of carbonyl (C=O) groups excluding carboxylic acids is 1. The molecule has 1 aromatic carbocycles. The molecule has 0 aliphatic carbocycles. The van der Waals surface area contributed by atoms with Gasteiger partial charge in [0.05, 0.1) is 30.5 Å². The van der Waals surface area contributed by atoms with Crippen molar-refractivity contribution in [3.05, 3.63) is 55.4 Å². The van der Waals surface area contributed by atoms with Gasteiger partial charge < -0.3 is 14.8 Å². The Hall–Kier alpha value is -3.16. The van der Waals surface area contributed by atoms with E-state index in [1.807, 2.05) is 39.9 Å². The van der Waals surface area contributed by atoms with Crippen LogP contribution in [0.3, 0.4) is 0 Å². The second kappa shape index (κ2) is 6.76. The number of amides is 2. The lowest BCUT2D eigenvalue weighted by Crippen LogP contribution is -2.40. The van der Waals surface area contributed by atoms with Crippen LogP contribution in [0.4, 0.5) is 10.5 Å². The molecule has 0 unspecified atom stereocenters. The zero-order valence-corrected chi connectivity index (χ0v) is 13.7. The van der Waals surface area contributed by atoms with Crippen LogP contribution in [0.25, 0.3) is 5.69 Å².